The van der Waals surface area contributed by atoms with Crippen molar-refractivity contribution in [2.75, 3.05) is 16.5 Å². The summed E-state index contributed by atoms with van der Waals surface area (Å²) in [6, 6.07) is 17.7. The van der Waals surface area contributed by atoms with Gasteiger partial charge in [-0.1, -0.05) is 49.6 Å². The molecule has 0 aromatic heterocycles. The highest BCUT2D eigenvalue weighted by Gasteiger charge is 2.19. The van der Waals surface area contributed by atoms with Gasteiger partial charge in [-0.15, -0.1) is 0 Å². The summed E-state index contributed by atoms with van der Waals surface area (Å²) >= 11 is 0. The Labute approximate surface area is 145 Å². The van der Waals surface area contributed by atoms with Gasteiger partial charge in [0.15, 0.2) is 0 Å². The quantitative estimate of drug-likeness (QED) is 0.706. The molecule has 2 aromatic rings. The highest BCUT2D eigenvalue weighted by Crippen LogP contribution is 2.35. The zero-order chi connectivity index (χ0) is 16.4. The average Bonchev–Trinajstić information content (AvgIpc) is 3.13. The number of para-hydroxylation sites is 1. The molecule has 2 heteroatoms. The number of rotatable bonds is 3. The number of anilines is 2. The Kier molecular flexibility index (Phi) is 4.29. The van der Waals surface area contributed by atoms with Crippen LogP contribution in [-0.4, -0.2) is 6.67 Å². The van der Waals surface area contributed by atoms with Crippen molar-refractivity contribution in [3.63, 3.8) is 0 Å². The normalized spacial score (nSPS) is 18.4. The van der Waals surface area contributed by atoms with E-state index in [1.165, 1.54) is 49.0 Å². The van der Waals surface area contributed by atoms with E-state index < -0.39 is 0 Å². The van der Waals surface area contributed by atoms with Gasteiger partial charge in [0.05, 0.1) is 6.67 Å². The lowest BCUT2D eigenvalue weighted by Crippen LogP contribution is -2.25. The minimum absolute atomic E-state index is 0.779. The molecular formula is C22H26N2. The fourth-order valence-corrected chi connectivity index (χ4v) is 4.05. The van der Waals surface area contributed by atoms with E-state index in [4.69, 9.17) is 0 Å². The minimum Gasteiger partial charge on any atom is -0.328 e. The molecule has 0 bridgehead atoms. The molecule has 24 heavy (non-hydrogen) atoms. The summed E-state index contributed by atoms with van der Waals surface area (Å²) in [5.74, 6) is 0.779. The van der Waals surface area contributed by atoms with Gasteiger partial charge in [0, 0.05) is 23.8 Å². The first-order valence-electron chi connectivity index (χ1n) is 9.18. The van der Waals surface area contributed by atoms with Crippen LogP contribution in [0.2, 0.25) is 0 Å². The zero-order valence-corrected chi connectivity index (χ0v) is 14.5. The number of hydrogen-bond acceptors (Lipinski definition) is 2. The number of hydrogen-bond donors (Lipinski definition) is 0. The van der Waals surface area contributed by atoms with Gasteiger partial charge in [-0.25, -0.2) is 0 Å². The Morgan fingerprint density at radius 2 is 1.58 bits per heavy atom. The molecule has 2 nitrogen and oxygen atoms in total. The van der Waals surface area contributed by atoms with Crippen LogP contribution >= 0.6 is 0 Å². The minimum atomic E-state index is 0.779. The van der Waals surface area contributed by atoms with Crippen LogP contribution in [0.4, 0.5) is 11.4 Å². The number of aryl methyl sites for hydroxylation is 1. The maximum atomic E-state index is 2.42. The van der Waals surface area contributed by atoms with Gasteiger partial charge in [-0.3, -0.25) is 0 Å². The van der Waals surface area contributed by atoms with Gasteiger partial charge in [0.2, 0.25) is 0 Å². The van der Waals surface area contributed by atoms with Gasteiger partial charge in [-0.05, 0) is 55.0 Å². The standard InChI is InChI=1S/C22H26N2/c1-18-16-20(19-8-4-2-5-9-19)12-13-22(18)24-15-14-23(17-24)21-10-6-3-7-11-21/h3,6-7,10-16,19H,2,4-5,8-9,17H2,1H3. The molecule has 124 valence electrons. The van der Waals surface area contributed by atoms with Crippen LogP contribution in [-0.2, 0) is 0 Å². The molecule has 0 N–H and O–H groups in total. The molecule has 0 radical (unpaired) electrons. The first-order chi connectivity index (χ1) is 11.8. The third kappa shape index (κ3) is 3.06. The predicted octanol–water partition coefficient (Wildman–Crippen LogP) is 5.80. The van der Waals surface area contributed by atoms with Gasteiger partial charge in [-0.2, -0.15) is 0 Å². The molecule has 1 fully saturated rings. The topological polar surface area (TPSA) is 6.48 Å². The highest BCUT2D eigenvalue weighted by molar-refractivity contribution is 5.62. The molecule has 2 aromatic carbocycles. The van der Waals surface area contributed by atoms with E-state index in [9.17, 15) is 0 Å². The van der Waals surface area contributed by atoms with E-state index >= 15 is 0 Å². The molecule has 0 spiro atoms. The molecule has 1 aliphatic carbocycles. The number of benzene rings is 2. The molecule has 1 heterocycles. The van der Waals surface area contributed by atoms with E-state index in [1.54, 1.807) is 5.56 Å². The van der Waals surface area contributed by atoms with Crippen molar-refractivity contribution in [1.82, 2.24) is 0 Å². The van der Waals surface area contributed by atoms with Crippen molar-refractivity contribution in [2.45, 2.75) is 44.9 Å². The van der Waals surface area contributed by atoms with Gasteiger partial charge in [0.1, 0.15) is 0 Å². The summed E-state index contributed by atoms with van der Waals surface area (Å²) < 4.78 is 0. The van der Waals surface area contributed by atoms with Crippen molar-refractivity contribution >= 4 is 11.4 Å². The SMILES string of the molecule is Cc1cc(C2CCCCC2)ccc1N1C=CN(c2ccccc2)C1. The van der Waals surface area contributed by atoms with Crippen LogP contribution < -0.4 is 9.80 Å². The summed E-state index contributed by atoms with van der Waals surface area (Å²) in [4.78, 5) is 4.63. The second-order valence-corrected chi connectivity index (χ2v) is 7.10. The molecule has 0 atom stereocenters. The first-order valence-corrected chi connectivity index (χ1v) is 9.18. The first kappa shape index (κ1) is 15.3. The summed E-state index contributed by atoms with van der Waals surface area (Å²) in [6.45, 7) is 3.13. The van der Waals surface area contributed by atoms with E-state index in [-0.39, 0.29) is 0 Å². The van der Waals surface area contributed by atoms with Crippen molar-refractivity contribution in [1.29, 1.82) is 0 Å². The van der Waals surface area contributed by atoms with Crippen LogP contribution in [0.25, 0.3) is 0 Å². The third-order valence-electron chi connectivity index (χ3n) is 5.43. The molecule has 2 aliphatic rings. The lowest BCUT2D eigenvalue weighted by molar-refractivity contribution is 0.443. The van der Waals surface area contributed by atoms with Gasteiger partial charge < -0.3 is 9.80 Å². The summed E-state index contributed by atoms with van der Waals surface area (Å²) in [5.41, 5.74) is 5.49. The second kappa shape index (κ2) is 6.72. The van der Waals surface area contributed by atoms with Crippen molar-refractivity contribution in [3.8, 4) is 0 Å². The van der Waals surface area contributed by atoms with Gasteiger partial charge in [0.25, 0.3) is 0 Å². The Morgan fingerprint density at radius 1 is 0.833 bits per heavy atom. The summed E-state index contributed by atoms with van der Waals surface area (Å²) in [7, 11) is 0. The van der Waals surface area contributed by atoms with Crippen LogP contribution in [0.5, 0.6) is 0 Å². The maximum absolute atomic E-state index is 2.42. The lowest BCUT2D eigenvalue weighted by atomic mass is 9.83. The Bertz CT molecular complexity index is 714. The van der Waals surface area contributed by atoms with Gasteiger partial charge >= 0.3 is 0 Å². The Morgan fingerprint density at radius 3 is 2.33 bits per heavy atom. The highest BCUT2D eigenvalue weighted by atomic mass is 15.3. The fourth-order valence-electron chi connectivity index (χ4n) is 4.05. The molecule has 1 saturated carbocycles. The lowest BCUT2D eigenvalue weighted by Gasteiger charge is -2.25. The third-order valence-corrected chi connectivity index (χ3v) is 5.43. The fraction of sp³-hybridized carbons (Fsp3) is 0.364. The number of nitrogens with zero attached hydrogens (tertiary/aromatic N) is 2. The van der Waals surface area contributed by atoms with Crippen LogP contribution in [0.1, 0.15) is 49.1 Å². The molecule has 0 unspecified atom stereocenters. The largest absolute Gasteiger partial charge is 0.328 e. The zero-order valence-electron chi connectivity index (χ0n) is 14.5. The monoisotopic (exact) mass is 318 g/mol. The molecular weight excluding hydrogens is 292 g/mol. The van der Waals surface area contributed by atoms with E-state index in [0.717, 1.165) is 12.6 Å². The predicted molar refractivity (Wildman–Crippen MR) is 102 cm³/mol. The smallest absolute Gasteiger partial charge is 0.0989 e. The van der Waals surface area contributed by atoms with Crippen molar-refractivity contribution < 1.29 is 0 Å². The van der Waals surface area contributed by atoms with Crippen LogP contribution in [0.15, 0.2) is 60.9 Å². The van der Waals surface area contributed by atoms with E-state index in [0.29, 0.717) is 0 Å². The summed E-state index contributed by atoms with van der Waals surface area (Å²) in [5, 5.41) is 0. The molecule has 1 aliphatic heterocycles. The molecule has 0 amide bonds. The van der Waals surface area contributed by atoms with Crippen molar-refractivity contribution in [2.24, 2.45) is 0 Å². The van der Waals surface area contributed by atoms with Crippen LogP contribution in [0.3, 0.4) is 0 Å². The molecule has 4 rings (SSSR count). The van der Waals surface area contributed by atoms with E-state index in [2.05, 4.69) is 77.7 Å². The second-order valence-electron chi connectivity index (χ2n) is 7.10. The summed E-state index contributed by atoms with van der Waals surface area (Å²) in [6.07, 6.45) is 11.3. The molecule has 0 saturated heterocycles. The van der Waals surface area contributed by atoms with Crippen LogP contribution in [0, 0.1) is 6.92 Å². The van der Waals surface area contributed by atoms with E-state index in [1.807, 2.05) is 0 Å². The Hall–Kier alpha value is -2.22. The maximum Gasteiger partial charge on any atom is 0.0989 e. The average molecular weight is 318 g/mol. The Balaban J connectivity index is 1.50. The van der Waals surface area contributed by atoms with Crippen molar-refractivity contribution in [3.05, 3.63) is 72.1 Å².